The van der Waals surface area contributed by atoms with Gasteiger partial charge in [-0.3, -0.25) is 0 Å². The second-order valence-electron chi connectivity index (χ2n) is 3.71. The molecule has 17 heavy (non-hydrogen) atoms. The third-order valence-corrected chi connectivity index (χ3v) is 9.63. The van der Waals surface area contributed by atoms with Gasteiger partial charge in [0.25, 0.3) is 0 Å². The predicted octanol–water partition coefficient (Wildman–Crippen LogP) is 4.80. The summed E-state index contributed by atoms with van der Waals surface area (Å²) in [6.07, 6.45) is 0. The normalized spacial score (nSPS) is 19.9. The molecule has 0 fully saturated rings. The average molecular weight is 280 g/mol. The first-order chi connectivity index (χ1) is 8.26. The molecule has 2 aromatic rings. The summed E-state index contributed by atoms with van der Waals surface area (Å²) in [7, 11) is -1.25. The van der Waals surface area contributed by atoms with E-state index in [2.05, 4.69) is 59.1 Å². The van der Waals surface area contributed by atoms with E-state index in [0.717, 1.165) is 10.1 Å². The average Bonchev–Trinajstić information content (AvgIpc) is 3.01. The quantitative estimate of drug-likeness (QED) is 0.755. The Morgan fingerprint density at radius 1 is 0.882 bits per heavy atom. The Kier molecular flexibility index (Phi) is 2.69. The van der Waals surface area contributed by atoms with Gasteiger partial charge in [-0.25, -0.2) is 0 Å². The van der Waals surface area contributed by atoms with Crippen LogP contribution >= 0.6 is 32.7 Å². The molecule has 1 aliphatic heterocycles. The molecule has 0 saturated carbocycles. The van der Waals surface area contributed by atoms with Gasteiger partial charge in [0.1, 0.15) is 0 Å². The van der Waals surface area contributed by atoms with Gasteiger partial charge in [-0.2, -0.15) is 0 Å². The summed E-state index contributed by atoms with van der Waals surface area (Å²) in [4.78, 5) is 0. The maximum absolute atomic E-state index is 4.34. The van der Waals surface area contributed by atoms with Crippen molar-refractivity contribution in [2.45, 2.75) is 22.3 Å². The van der Waals surface area contributed by atoms with Crippen LogP contribution in [0.3, 0.4) is 0 Å². The minimum absolute atomic E-state index is 1.15. The summed E-state index contributed by atoms with van der Waals surface area (Å²) < 4.78 is 2.78. The third kappa shape index (κ3) is 1.46. The SMILES string of the molecule is CC1=NN=C(C)S1(c1cccs1)c1cccs1. The minimum atomic E-state index is -1.25. The standard InChI is InChI=1S/C12H12N2S3/c1-9-13-14-10(2)17(9,11-5-3-7-15-11)12-6-4-8-16-12/h3-8H,1-2H3. The van der Waals surface area contributed by atoms with Crippen LogP contribution in [0.25, 0.3) is 0 Å². The van der Waals surface area contributed by atoms with Gasteiger partial charge in [-0.05, 0) is 36.7 Å². The van der Waals surface area contributed by atoms with Crippen molar-refractivity contribution < 1.29 is 0 Å². The molecule has 0 N–H and O–H groups in total. The van der Waals surface area contributed by atoms with E-state index in [1.165, 1.54) is 8.42 Å². The van der Waals surface area contributed by atoms with E-state index in [4.69, 9.17) is 0 Å². The first-order valence-corrected chi connectivity index (χ1v) is 8.65. The maximum atomic E-state index is 4.34. The van der Waals surface area contributed by atoms with Crippen molar-refractivity contribution in [3.63, 3.8) is 0 Å². The van der Waals surface area contributed by atoms with Crippen LogP contribution in [-0.2, 0) is 0 Å². The zero-order valence-corrected chi connectivity index (χ0v) is 12.0. The Labute approximate surface area is 110 Å². The zero-order chi connectivity index (χ0) is 11.9. The number of nitrogens with zero attached hydrogens (tertiary/aromatic N) is 2. The van der Waals surface area contributed by atoms with Gasteiger partial charge in [0, 0.05) is 0 Å². The fourth-order valence-electron chi connectivity index (χ4n) is 2.03. The van der Waals surface area contributed by atoms with Crippen LogP contribution in [0.4, 0.5) is 0 Å². The van der Waals surface area contributed by atoms with Crippen LogP contribution in [0.1, 0.15) is 13.8 Å². The van der Waals surface area contributed by atoms with Gasteiger partial charge in [-0.15, -0.1) is 32.9 Å². The molecular formula is C12H12N2S3. The Hall–Kier alpha value is -0.910. The molecule has 0 atom stereocenters. The Bertz CT molecular complexity index is 525. The van der Waals surface area contributed by atoms with E-state index in [9.17, 15) is 0 Å². The van der Waals surface area contributed by atoms with Crippen molar-refractivity contribution >= 4 is 42.8 Å². The van der Waals surface area contributed by atoms with Gasteiger partial charge in [-0.1, -0.05) is 22.2 Å². The summed E-state index contributed by atoms with van der Waals surface area (Å²) in [5.74, 6) is 0. The number of hydrogen-bond acceptors (Lipinski definition) is 4. The smallest absolute Gasteiger partial charge is 0.0904 e. The summed E-state index contributed by atoms with van der Waals surface area (Å²) in [6, 6.07) is 8.65. The van der Waals surface area contributed by atoms with Gasteiger partial charge in [0.05, 0.1) is 18.5 Å². The third-order valence-electron chi connectivity index (χ3n) is 2.81. The van der Waals surface area contributed by atoms with E-state index in [0.29, 0.717) is 0 Å². The van der Waals surface area contributed by atoms with Crippen molar-refractivity contribution in [3.05, 3.63) is 35.0 Å². The molecule has 0 amide bonds. The van der Waals surface area contributed by atoms with Gasteiger partial charge >= 0.3 is 0 Å². The molecule has 5 heteroatoms. The molecule has 88 valence electrons. The lowest BCUT2D eigenvalue weighted by molar-refractivity contribution is 1.26. The molecular weight excluding hydrogens is 268 g/mol. The van der Waals surface area contributed by atoms with Gasteiger partial charge in [0.15, 0.2) is 0 Å². The maximum Gasteiger partial charge on any atom is 0.0904 e. The van der Waals surface area contributed by atoms with E-state index < -0.39 is 10.0 Å². The van der Waals surface area contributed by atoms with Crippen LogP contribution in [0.2, 0.25) is 0 Å². The van der Waals surface area contributed by atoms with Crippen molar-refractivity contribution in [1.29, 1.82) is 0 Å². The zero-order valence-electron chi connectivity index (χ0n) is 9.58. The van der Waals surface area contributed by atoms with E-state index >= 15 is 0 Å². The monoisotopic (exact) mass is 280 g/mol. The highest BCUT2D eigenvalue weighted by Crippen LogP contribution is 2.68. The Morgan fingerprint density at radius 2 is 1.35 bits per heavy atom. The van der Waals surface area contributed by atoms with Crippen LogP contribution in [-0.4, -0.2) is 10.1 Å². The first kappa shape index (κ1) is 11.2. The van der Waals surface area contributed by atoms with Gasteiger partial charge < -0.3 is 0 Å². The molecule has 2 nitrogen and oxygen atoms in total. The fourth-order valence-corrected chi connectivity index (χ4v) is 9.25. The molecule has 3 heterocycles. The highest BCUT2D eigenvalue weighted by atomic mass is 32.3. The number of thiophene rings is 2. The van der Waals surface area contributed by atoms with Crippen molar-refractivity contribution in [3.8, 4) is 0 Å². The van der Waals surface area contributed by atoms with Crippen molar-refractivity contribution in [2.75, 3.05) is 0 Å². The Balaban J connectivity index is 2.29. The largest absolute Gasteiger partial charge is 0.149 e. The van der Waals surface area contributed by atoms with Crippen LogP contribution in [0.15, 0.2) is 53.6 Å². The lowest BCUT2D eigenvalue weighted by atomic mass is 10.7. The number of hydrogen-bond donors (Lipinski definition) is 0. The summed E-state index contributed by atoms with van der Waals surface area (Å²) in [6.45, 7) is 4.21. The topological polar surface area (TPSA) is 24.7 Å². The van der Waals surface area contributed by atoms with E-state index in [1.54, 1.807) is 22.7 Å². The van der Waals surface area contributed by atoms with Crippen LogP contribution in [0, 0.1) is 0 Å². The van der Waals surface area contributed by atoms with E-state index in [1.807, 2.05) is 0 Å². The highest BCUT2D eigenvalue weighted by Gasteiger charge is 2.40. The van der Waals surface area contributed by atoms with Crippen LogP contribution in [0.5, 0.6) is 0 Å². The van der Waals surface area contributed by atoms with Gasteiger partial charge in [0.2, 0.25) is 0 Å². The molecule has 3 rings (SSSR count). The second kappa shape index (κ2) is 4.08. The summed E-state index contributed by atoms with van der Waals surface area (Å²) in [5, 5.41) is 15.3. The molecule has 1 aliphatic rings. The molecule has 0 spiro atoms. The summed E-state index contributed by atoms with van der Waals surface area (Å²) >= 11 is 3.61. The second-order valence-corrected chi connectivity index (χ2v) is 9.41. The summed E-state index contributed by atoms with van der Waals surface area (Å²) in [5.41, 5.74) is 0. The van der Waals surface area contributed by atoms with E-state index in [-0.39, 0.29) is 0 Å². The van der Waals surface area contributed by atoms with Crippen molar-refractivity contribution in [1.82, 2.24) is 0 Å². The lowest BCUT2D eigenvalue weighted by Gasteiger charge is -2.33. The molecule has 0 radical (unpaired) electrons. The number of rotatable bonds is 2. The fraction of sp³-hybridized carbons (Fsp3) is 0.167. The highest BCUT2D eigenvalue weighted by molar-refractivity contribution is 8.57. The van der Waals surface area contributed by atoms with Crippen molar-refractivity contribution in [2.24, 2.45) is 10.2 Å². The lowest BCUT2D eigenvalue weighted by Crippen LogP contribution is -2.12. The Morgan fingerprint density at radius 3 is 1.71 bits per heavy atom. The first-order valence-electron chi connectivity index (χ1n) is 5.25. The predicted molar refractivity (Wildman–Crippen MR) is 79.0 cm³/mol. The molecule has 0 unspecified atom stereocenters. The molecule has 0 saturated heterocycles. The minimum Gasteiger partial charge on any atom is -0.149 e. The molecule has 2 aromatic heterocycles. The molecule has 0 aromatic carbocycles. The van der Waals surface area contributed by atoms with Crippen LogP contribution < -0.4 is 0 Å². The molecule has 0 aliphatic carbocycles. The molecule has 0 bridgehead atoms.